The molecule has 0 heterocycles. The number of ketones is 1. The van der Waals surface area contributed by atoms with Crippen LogP contribution in [0.2, 0.25) is 0 Å². The van der Waals surface area contributed by atoms with Crippen LogP contribution in [0.3, 0.4) is 0 Å². The van der Waals surface area contributed by atoms with E-state index in [2.05, 4.69) is 5.48 Å². The SMILES string of the molecule is O=C1CCCC1ONc1ccccc1. The lowest BCUT2D eigenvalue weighted by atomic mass is 10.3. The topological polar surface area (TPSA) is 38.3 Å². The van der Waals surface area contributed by atoms with Gasteiger partial charge in [0.1, 0.15) is 6.10 Å². The van der Waals surface area contributed by atoms with E-state index in [-0.39, 0.29) is 11.9 Å². The van der Waals surface area contributed by atoms with Crippen molar-refractivity contribution in [3.05, 3.63) is 30.3 Å². The first-order valence-electron chi connectivity index (χ1n) is 4.86. The van der Waals surface area contributed by atoms with Gasteiger partial charge in [0.05, 0.1) is 5.69 Å². The Morgan fingerprint density at radius 2 is 2.07 bits per heavy atom. The standard InChI is InChI=1S/C11H13NO2/c13-10-7-4-8-11(10)14-12-9-5-2-1-3-6-9/h1-3,5-6,11-12H,4,7-8H2. The number of benzene rings is 1. The van der Waals surface area contributed by atoms with Crippen LogP contribution in [0.4, 0.5) is 5.69 Å². The summed E-state index contributed by atoms with van der Waals surface area (Å²) in [5.41, 5.74) is 3.68. The normalized spacial score (nSPS) is 21.1. The number of nitrogens with one attached hydrogen (secondary N) is 1. The van der Waals surface area contributed by atoms with Crippen molar-refractivity contribution in [2.45, 2.75) is 25.4 Å². The molecule has 3 nitrogen and oxygen atoms in total. The summed E-state index contributed by atoms with van der Waals surface area (Å²) in [5.74, 6) is 0.202. The molecule has 1 aliphatic carbocycles. The second-order valence-corrected chi connectivity index (χ2v) is 3.43. The maximum absolute atomic E-state index is 11.2. The lowest BCUT2D eigenvalue weighted by molar-refractivity contribution is -0.125. The van der Waals surface area contributed by atoms with Gasteiger partial charge in [0.25, 0.3) is 0 Å². The Labute approximate surface area is 83.0 Å². The van der Waals surface area contributed by atoms with Gasteiger partial charge in [0.15, 0.2) is 5.78 Å². The van der Waals surface area contributed by atoms with Gasteiger partial charge in [0, 0.05) is 6.42 Å². The number of anilines is 1. The lowest BCUT2D eigenvalue weighted by Gasteiger charge is -2.11. The van der Waals surface area contributed by atoms with Crippen LogP contribution in [0.1, 0.15) is 19.3 Å². The van der Waals surface area contributed by atoms with Gasteiger partial charge in [-0.2, -0.15) is 0 Å². The van der Waals surface area contributed by atoms with Crippen molar-refractivity contribution in [3.63, 3.8) is 0 Å². The van der Waals surface area contributed by atoms with Crippen LogP contribution >= 0.6 is 0 Å². The van der Waals surface area contributed by atoms with Gasteiger partial charge >= 0.3 is 0 Å². The number of hydrogen-bond acceptors (Lipinski definition) is 3. The summed E-state index contributed by atoms with van der Waals surface area (Å²) in [4.78, 5) is 16.5. The Bertz CT molecular complexity index is 310. The largest absolute Gasteiger partial charge is 0.297 e. The number of para-hydroxylation sites is 1. The molecule has 0 saturated heterocycles. The minimum Gasteiger partial charge on any atom is -0.297 e. The highest BCUT2D eigenvalue weighted by Gasteiger charge is 2.25. The van der Waals surface area contributed by atoms with E-state index in [1.807, 2.05) is 30.3 Å². The minimum absolute atomic E-state index is 0.202. The van der Waals surface area contributed by atoms with Gasteiger partial charge in [-0.25, -0.2) is 0 Å². The van der Waals surface area contributed by atoms with Gasteiger partial charge < -0.3 is 0 Å². The molecule has 3 heteroatoms. The molecule has 1 saturated carbocycles. The summed E-state index contributed by atoms with van der Waals surface area (Å²) in [5, 5.41) is 0. The van der Waals surface area contributed by atoms with Crippen molar-refractivity contribution in [3.8, 4) is 0 Å². The number of hydrogen-bond donors (Lipinski definition) is 1. The van der Waals surface area contributed by atoms with Gasteiger partial charge in [-0.05, 0) is 25.0 Å². The van der Waals surface area contributed by atoms with Crippen molar-refractivity contribution >= 4 is 11.5 Å². The van der Waals surface area contributed by atoms with Crippen LogP contribution in [-0.2, 0) is 9.63 Å². The monoisotopic (exact) mass is 191 g/mol. The molecule has 1 fully saturated rings. The van der Waals surface area contributed by atoms with Crippen LogP contribution in [0, 0.1) is 0 Å². The lowest BCUT2D eigenvalue weighted by Crippen LogP contribution is -2.20. The van der Waals surface area contributed by atoms with E-state index in [1.54, 1.807) is 0 Å². The van der Waals surface area contributed by atoms with Crippen molar-refractivity contribution in [2.24, 2.45) is 0 Å². The molecule has 74 valence electrons. The molecule has 1 N–H and O–H groups in total. The average Bonchev–Trinajstić information content (AvgIpc) is 2.63. The smallest absolute Gasteiger partial charge is 0.164 e. The Hall–Kier alpha value is -1.35. The second kappa shape index (κ2) is 4.24. The molecule has 0 radical (unpaired) electrons. The van der Waals surface area contributed by atoms with Crippen LogP contribution < -0.4 is 5.48 Å². The van der Waals surface area contributed by atoms with E-state index in [0.29, 0.717) is 6.42 Å². The molecule has 1 unspecified atom stereocenters. The molecule has 1 atom stereocenters. The number of Topliss-reactive ketones (excluding diaryl/α,β-unsaturated/α-hetero) is 1. The third-order valence-corrected chi connectivity index (χ3v) is 2.34. The first-order valence-corrected chi connectivity index (χ1v) is 4.86. The highest BCUT2D eigenvalue weighted by atomic mass is 16.7. The molecule has 1 aromatic rings. The first-order chi connectivity index (χ1) is 6.86. The summed E-state index contributed by atoms with van der Waals surface area (Å²) in [7, 11) is 0. The summed E-state index contributed by atoms with van der Waals surface area (Å²) in [6.45, 7) is 0. The number of rotatable bonds is 3. The zero-order valence-corrected chi connectivity index (χ0v) is 7.90. The molecule has 0 aliphatic heterocycles. The van der Waals surface area contributed by atoms with E-state index < -0.39 is 0 Å². The minimum atomic E-state index is -0.254. The molecule has 0 bridgehead atoms. The first kappa shape index (κ1) is 9.21. The molecular formula is C11H13NO2. The van der Waals surface area contributed by atoms with Crippen molar-refractivity contribution in [1.29, 1.82) is 0 Å². The van der Waals surface area contributed by atoms with E-state index >= 15 is 0 Å². The Morgan fingerprint density at radius 3 is 2.71 bits per heavy atom. The second-order valence-electron chi connectivity index (χ2n) is 3.43. The maximum Gasteiger partial charge on any atom is 0.164 e. The highest BCUT2D eigenvalue weighted by Crippen LogP contribution is 2.18. The van der Waals surface area contributed by atoms with Crippen LogP contribution in [0.5, 0.6) is 0 Å². The number of carbonyl (C=O) groups excluding carboxylic acids is 1. The summed E-state index contributed by atoms with van der Waals surface area (Å²) in [6, 6.07) is 9.58. The predicted molar refractivity (Wildman–Crippen MR) is 53.8 cm³/mol. The van der Waals surface area contributed by atoms with Crippen LogP contribution in [0.25, 0.3) is 0 Å². The van der Waals surface area contributed by atoms with Gasteiger partial charge in [-0.3, -0.25) is 15.1 Å². The van der Waals surface area contributed by atoms with E-state index in [0.717, 1.165) is 18.5 Å². The van der Waals surface area contributed by atoms with Gasteiger partial charge in [0.2, 0.25) is 0 Å². The third-order valence-electron chi connectivity index (χ3n) is 2.34. The fraction of sp³-hybridized carbons (Fsp3) is 0.364. The maximum atomic E-state index is 11.2. The summed E-state index contributed by atoms with van der Waals surface area (Å²) in [6.07, 6.45) is 2.18. The van der Waals surface area contributed by atoms with Crippen molar-refractivity contribution in [2.75, 3.05) is 5.48 Å². The number of carbonyl (C=O) groups is 1. The molecule has 0 amide bonds. The van der Waals surface area contributed by atoms with Crippen LogP contribution in [0.15, 0.2) is 30.3 Å². The third kappa shape index (κ3) is 2.12. The molecule has 1 aliphatic rings. The Balaban J connectivity index is 1.85. The highest BCUT2D eigenvalue weighted by molar-refractivity contribution is 5.85. The van der Waals surface area contributed by atoms with Gasteiger partial charge in [-0.15, -0.1) is 0 Å². The predicted octanol–water partition coefficient (Wildman–Crippen LogP) is 2.15. The zero-order valence-electron chi connectivity index (χ0n) is 7.90. The van der Waals surface area contributed by atoms with Gasteiger partial charge in [-0.1, -0.05) is 18.2 Å². The van der Waals surface area contributed by atoms with E-state index in [1.165, 1.54) is 0 Å². The molecule has 0 spiro atoms. The molecule has 1 aromatic carbocycles. The average molecular weight is 191 g/mol. The van der Waals surface area contributed by atoms with E-state index in [4.69, 9.17) is 4.84 Å². The van der Waals surface area contributed by atoms with Crippen molar-refractivity contribution < 1.29 is 9.63 Å². The summed E-state index contributed by atoms with van der Waals surface area (Å²) >= 11 is 0. The zero-order chi connectivity index (χ0) is 9.80. The molecule has 2 rings (SSSR count). The quantitative estimate of drug-likeness (QED) is 0.744. The molecule has 14 heavy (non-hydrogen) atoms. The van der Waals surface area contributed by atoms with E-state index in [9.17, 15) is 4.79 Å². The molecule has 0 aromatic heterocycles. The van der Waals surface area contributed by atoms with Crippen LogP contribution in [-0.4, -0.2) is 11.9 Å². The fourth-order valence-corrected chi connectivity index (χ4v) is 1.55. The summed E-state index contributed by atoms with van der Waals surface area (Å²) < 4.78 is 0. The fourth-order valence-electron chi connectivity index (χ4n) is 1.55. The van der Waals surface area contributed by atoms with Crippen molar-refractivity contribution in [1.82, 2.24) is 0 Å². The Kier molecular flexibility index (Phi) is 2.79. The molecular weight excluding hydrogens is 178 g/mol. The Morgan fingerprint density at radius 1 is 1.29 bits per heavy atom.